The summed E-state index contributed by atoms with van der Waals surface area (Å²) in [5.41, 5.74) is 3.35. The highest BCUT2D eigenvalue weighted by atomic mass is 19.1. The van der Waals surface area contributed by atoms with Crippen LogP contribution in [-0.4, -0.2) is 15.6 Å². The molecule has 0 fully saturated rings. The maximum Gasteiger partial charge on any atom is 0.337 e. The molecule has 0 saturated carbocycles. The van der Waals surface area contributed by atoms with Crippen LogP contribution in [0.15, 0.2) is 40.8 Å². The number of carboxylic acids is 1. The van der Waals surface area contributed by atoms with Gasteiger partial charge in [0, 0.05) is 30.0 Å². The SMILES string of the molecule is Cc1ccc(CNCc2c(C(=O)O)c(C)n(Cc3cccc(F)c3)c2C)o1. The van der Waals surface area contributed by atoms with Crippen molar-refractivity contribution in [2.24, 2.45) is 0 Å². The predicted molar refractivity (Wildman–Crippen MR) is 100 cm³/mol. The zero-order valence-corrected chi connectivity index (χ0v) is 15.7. The maximum absolute atomic E-state index is 13.5. The van der Waals surface area contributed by atoms with Gasteiger partial charge < -0.3 is 19.4 Å². The Bertz CT molecular complexity index is 972. The molecule has 0 spiro atoms. The van der Waals surface area contributed by atoms with E-state index >= 15 is 0 Å². The number of hydrogen-bond donors (Lipinski definition) is 2. The predicted octanol–water partition coefficient (Wildman–Crippen LogP) is 4.18. The van der Waals surface area contributed by atoms with Gasteiger partial charge in [-0.3, -0.25) is 0 Å². The first-order valence-corrected chi connectivity index (χ1v) is 8.79. The van der Waals surface area contributed by atoms with Gasteiger partial charge >= 0.3 is 5.97 Å². The number of carbonyl (C=O) groups is 1. The first-order valence-electron chi connectivity index (χ1n) is 8.79. The van der Waals surface area contributed by atoms with Crippen molar-refractivity contribution in [3.05, 3.63) is 81.8 Å². The van der Waals surface area contributed by atoms with Crippen LogP contribution < -0.4 is 5.32 Å². The van der Waals surface area contributed by atoms with E-state index in [0.717, 1.165) is 28.3 Å². The number of aryl methyl sites for hydroxylation is 1. The minimum Gasteiger partial charge on any atom is -0.478 e. The summed E-state index contributed by atoms with van der Waals surface area (Å²) >= 11 is 0. The Labute approximate surface area is 157 Å². The highest BCUT2D eigenvalue weighted by Gasteiger charge is 2.22. The number of nitrogens with zero attached hydrogens (tertiary/aromatic N) is 1. The third-order valence-corrected chi connectivity index (χ3v) is 4.75. The third-order valence-electron chi connectivity index (χ3n) is 4.75. The van der Waals surface area contributed by atoms with Gasteiger partial charge in [0.25, 0.3) is 0 Å². The summed E-state index contributed by atoms with van der Waals surface area (Å²) in [6.45, 7) is 6.91. The van der Waals surface area contributed by atoms with E-state index in [1.54, 1.807) is 13.0 Å². The summed E-state index contributed by atoms with van der Waals surface area (Å²) < 4.78 is 20.9. The third kappa shape index (κ3) is 4.11. The molecule has 2 N–H and O–H groups in total. The number of aromatic carboxylic acids is 1. The van der Waals surface area contributed by atoms with E-state index in [1.807, 2.05) is 36.6 Å². The van der Waals surface area contributed by atoms with Crippen LogP contribution in [0.1, 0.15) is 44.4 Å². The fourth-order valence-electron chi connectivity index (χ4n) is 3.39. The first-order chi connectivity index (χ1) is 12.9. The van der Waals surface area contributed by atoms with Crippen LogP contribution in [0.2, 0.25) is 0 Å². The molecule has 27 heavy (non-hydrogen) atoms. The van der Waals surface area contributed by atoms with E-state index in [1.165, 1.54) is 12.1 Å². The second-order valence-corrected chi connectivity index (χ2v) is 6.66. The van der Waals surface area contributed by atoms with Crippen LogP contribution in [0.5, 0.6) is 0 Å². The average molecular weight is 370 g/mol. The van der Waals surface area contributed by atoms with Crippen molar-refractivity contribution in [3.8, 4) is 0 Å². The van der Waals surface area contributed by atoms with E-state index in [4.69, 9.17) is 4.42 Å². The van der Waals surface area contributed by atoms with E-state index in [2.05, 4.69) is 5.32 Å². The van der Waals surface area contributed by atoms with Crippen molar-refractivity contribution in [1.82, 2.24) is 9.88 Å². The Morgan fingerprint density at radius 3 is 2.56 bits per heavy atom. The molecule has 0 aliphatic carbocycles. The van der Waals surface area contributed by atoms with Gasteiger partial charge in [-0.2, -0.15) is 0 Å². The van der Waals surface area contributed by atoms with Gasteiger partial charge in [0.05, 0.1) is 12.1 Å². The Morgan fingerprint density at radius 2 is 1.93 bits per heavy atom. The topological polar surface area (TPSA) is 67.4 Å². The summed E-state index contributed by atoms with van der Waals surface area (Å²) in [4.78, 5) is 11.8. The van der Waals surface area contributed by atoms with Crippen LogP contribution >= 0.6 is 0 Å². The lowest BCUT2D eigenvalue weighted by Gasteiger charge is -2.10. The van der Waals surface area contributed by atoms with Gasteiger partial charge in [-0.1, -0.05) is 12.1 Å². The smallest absolute Gasteiger partial charge is 0.337 e. The number of halogens is 1. The van der Waals surface area contributed by atoms with Crippen molar-refractivity contribution >= 4 is 5.97 Å². The van der Waals surface area contributed by atoms with Gasteiger partial charge in [0.1, 0.15) is 17.3 Å². The lowest BCUT2D eigenvalue weighted by molar-refractivity contribution is 0.0694. The molecule has 0 bridgehead atoms. The molecule has 0 atom stereocenters. The number of rotatable bonds is 7. The van der Waals surface area contributed by atoms with Crippen LogP contribution in [0.3, 0.4) is 0 Å². The van der Waals surface area contributed by atoms with Crippen molar-refractivity contribution in [2.75, 3.05) is 0 Å². The second-order valence-electron chi connectivity index (χ2n) is 6.66. The molecule has 0 amide bonds. The number of hydrogen-bond acceptors (Lipinski definition) is 3. The van der Waals surface area contributed by atoms with E-state index in [9.17, 15) is 14.3 Å². The zero-order valence-electron chi connectivity index (χ0n) is 15.7. The summed E-state index contributed by atoms with van der Waals surface area (Å²) in [6, 6.07) is 10.1. The van der Waals surface area contributed by atoms with Crippen LogP contribution in [0, 0.1) is 26.6 Å². The summed E-state index contributed by atoms with van der Waals surface area (Å²) in [6.07, 6.45) is 0. The largest absolute Gasteiger partial charge is 0.478 e. The average Bonchev–Trinajstić information content (AvgIpc) is 3.11. The molecule has 5 nitrogen and oxygen atoms in total. The minimum absolute atomic E-state index is 0.298. The Morgan fingerprint density at radius 1 is 1.15 bits per heavy atom. The molecule has 3 aromatic rings. The van der Waals surface area contributed by atoms with Gasteiger partial charge in [-0.05, 0) is 50.6 Å². The molecule has 2 aromatic heterocycles. The quantitative estimate of drug-likeness (QED) is 0.655. The number of benzene rings is 1. The molecule has 0 unspecified atom stereocenters. The molecule has 1 aromatic carbocycles. The lowest BCUT2D eigenvalue weighted by atomic mass is 10.1. The van der Waals surface area contributed by atoms with Gasteiger partial charge in [0.2, 0.25) is 0 Å². The van der Waals surface area contributed by atoms with Crippen molar-refractivity contribution in [2.45, 2.75) is 40.4 Å². The van der Waals surface area contributed by atoms with Crippen molar-refractivity contribution in [1.29, 1.82) is 0 Å². The molecule has 0 saturated heterocycles. The van der Waals surface area contributed by atoms with Crippen LogP contribution in [0.4, 0.5) is 4.39 Å². The number of furan rings is 1. The number of aromatic nitrogens is 1. The van der Waals surface area contributed by atoms with E-state index in [-0.39, 0.29) is 5.82 Å². The van der Waals surface area contributed by atoms with E-state index in [0.29, 0.717) is 30.9 Å². The van der Waals surface area contributed by atoms with E-state index < -0.39 is 5.97 Å². The second kappa shape index (κ2) is 7.80. The fourth-order valence-corrected chi connectivity index (χ4v) is 3.39. The number of nitrogens with one attached hydrogen (secondary N) is 1. The van der Waals surface area contributed by atoms with Crippen LogP contribution in [0.25, 0.3) is 0 Å². The fraction of sp³-hybridized carbons (Fsp3) is 0.286. The minimum atomic E-state index is -0.959. The van der Waals surface area contributed by atoms with Gasteiger partial charge in [-0.15, -0.1) is 0 Å². The normalized spacial score (nSPS) is 11.1. The monoisotopic (exact) mass is 370 g/mol. The molecular formula is C21H23FN2O3. The molecule has 0 aliphatic rings. The summed E-state index contributed by atoms with van der Waals surface area (Å²) in [7, 11) is 0. The molecule has 2 heterocycles. The van der Waals surface area contributed by atoms with Crippen molar-refractivity contribution in [3.63, 3.8) is 0 Å². The maximum atomic E-state index is 13.5. The Hall–Kier alpha value is -2.86. The molecule has 0 aliphatic heterocycles. The van der Waals surface area contributed by atoms with Crippen LogP contribution in [-0.2, 0) is 19.6 Å². The van der Waals surface area contributed by atoms with Gasteiger partial charge in [0.15, 0.2) is 0 Å². The molecule has 0 radical (unpaired) electrons. The standard InChI is InChI=1S/C21H23FN2O3/c1-13-7-8-18(27-13)10-23-11-19-14(2)24(15(3)20(19)21(25)26)12-16-5-4-6-17(22)9-16/h4-9,23H,10-12H2,1-3H3,(H,25,26). The van der Waals surface area contributed by atoms with Crippen molar-refractivity contribution < 1.29 is 18.7 Å². The molecule has 3 rings (SSSR count). The number of carboxylic acid groups (broad SMARTS) is 1. The highest BCUT2D eigenvalue weighted by molar-refractivity contribution is 5.91. The molecule has 142 valence electrons. The zero-order chi connectivity index (χ0) is 19.6. The summed E-state index contributed by atoms with van der Waals surface area (Å²) in [5, 5.41) is 12.9. The lowest BCUT2D eigenvalue weighted by Crippen LogP contribution is -2.15. The Kier molecular flexibility index (Phi) is 5.46. The Balaban J connectivity index is 1.85. The first kappa shape index (κ1) is 18.9. The molecular weight excluding hydrogens is 347 g/mol. The molecule has 6 heteroatoms. The summed E-state index contributed by atoms with van der Waals surface area (Å²) in [5.74, 6) is 0.382. The highest BCUT2D eigenvalue weighted by Crippen LogP contribution is 2.24. The van der Waals surface area contributed by atoms with Gasteiger partial charge in [-0.25, -0.2) is 9.18 Å².